The molecule has 1 aliphatic rings. The third kappa shape index (κ3) is 6.33. The molecule has 1 aromatic heterocycles. The van der Waals surface area contributed by atoms with Crippen molar-refractivity contribution in [3.05, 3.63) is 70.7 Å². The number of halogens is 4. The number of likely N-dealkylation sites (tertiary alicyclic amines) is 1. The molecule has 1 unspecified atom stereocenters. The van der Waals surface area contributed by atoms with E-state index in [-0.39, 0.29) is 30.4 Å². The standard InChI is InChI=1S/C29H32F4N2O4/c1-39-21-4-5-24-22(15-21)26(19(16-30)17-34-24)25(36)6-7-29(28(37)38)8-11-35(12-9-29)10-2-3-18-13-20(31)14-23(32)27(18)33/h4-5,13-15,17,25,36H,2-3,6-12,16H2,1H3,(H,37,38). The van der Waals surface area contributed by atoms with Gasteiger partial charge in [-0.3, -0.25) is 9.78 Å². The number of piperidine rings is 1. The Labute approximate surface area is 224 Å². The van der Waals surface area contributed by atoms with Crippen LogP contribution in [0.5, 0.6) is 5.75 Å². The van der Waals surface area contributed by atoms with Crippen molar-refractivity contribution >= 4 is 16.9 Å². The van der Waals surface area contributed by atoms with Gasteiger partial charge in [0.25, 0.3) is 0 Å². The lowest BCUT2D eigenvalue weighted by Crippen LogP contribution is -2.44. The number of aromatic nitrogens is 1. The number of rotatable bonds is 11. The van der Waals surface area contributed by atoms with Crippen molar-refractivity contribution in [2.75, 3.05) is 26.7 Å². The van der Waals surface area contributed by atoms with Gasteiger partial charge >= 0.3 is 5.97 Å². The Morgan fingerprint density at radius 2 is 1.90 bits per heavy atom. The molecule has 0 spiro atoms. The lowest BCUT2D eigenvalue weighted by Gasteiger charge is -2.39. The summed E-state index contributed by atoms with van der Waals surface area (Å²) in [6.45, 7) is 0.666. The van der Waals surface area contributed by atoms with Crippen LogP contribution in [0.15, 0.2) is 36.5 Å². The van der Waals surface area contributed by atoms with Gasteiger partial charge in [-0.15, -0.1) is 0 Å². The van der Waals surface area contributed by atoms with Gasteiger partial charge in [-0.05, 0) is 93.6 Å². The molecule has 2 aromatic carbocycles. The zero-order chi connectivity index (χ0) is 28.2. The molecule has 3 aromatic rings. The van der Waals surface area contributed by atoms with Crippen LogP contribution in [0.1, 0.15) is 54.9 Å². The molecular weight excluding hydrogens is 516 g/mol. The molecule has 1 aliphatic heterocycles. The second kappa shape index (κ2) is 12.3. The third-order valence-electron chi connectivity index (χ3n) is 7.83. The van der Waals surface area contributed by atoms with Crippen molar-refractivity contribution in [3.8, 4) is 5.75 Å². The van der Waals surface area contributed by atoms with E-state index in [0.29, 0.717) is 67.2 Å². The molecule has 0 saturated carbocycles. The Hall–Kier alpha value is -3.24. The summed E-state index contributed by atoms with van der Waals surface area (Å²) in [4.78, 5) is 18.7. The molecule has 2 heterocycles. The van der Waals surface area contributed by atoms with E-state index in [0.717, 1.165) is 6.07 Å². The summed E-state index contributed by atoms with van der Waals surface area (Å²) in [7, 11) is 1.51. The second-order valence-electron chi connectivity index (χ2n) is 10.2. The molecule has 210 valence electrons. The number of aliphatic hydroxyl groups excluding tert-OH is 1. The largest absolute Gasteiger partial charge is 0.497 e. The lowest BCUT2D eigenvalue weighted by molar-refractivity contribution is -0.153. The first-order valence-corrected chi connectivity index (χ1v) is 13.0. The normalized spacial score (nSPS) is 16.4. The third-order valence-corrected chi connectivity index (χ3v) is 7.83. The van der Waals surface area contributed by atoms with Crippen molar-refractivity contribution in [2.24, 2.45) is 5.41 Å². The average Bonchev–Trinajstić information content (AvgIpc) is 2.93. The van der Waals surface area contributed by atoms with E-state index in [4.69, 9.17) is 4.74 Å². The Kier molecular flexibility index (Phi) is 9.07. The molecule has 2 N–H and O–H groups in total. The number of hydrogen-bond donors (Lipinski definition) is 2. The van der Waals surface area contributed by atoms with Gasteiger partial charge in [0.1, 0.15) is 18.2 Å². The van der Waals surface area contributed by atoms with E-state index in [1.165, 1.54) is 13.3 Å². The minimum Gasteiger partial charge on any atom is -0.497 e. The molecule has 1 atom stereocenters. The zero-order valence-corrected chi connectivity index (χ0v) is 21.7. The van der Waals surface area contributed by atoms with E-state index >= 15 is 0 Å². The van der Waals surface area contributed by atoms with Crippen LogP contribution in [-0.4, -0.2) is 52.8 Å². The number of aliphatic carboxylic acids is 1. The number of carboxylic acids is 1. The van der Waals surface area contributed by atoms with Crippen molar-refractivity contribution in [3.63, 3.8) is 0 Å². The molecule has 39 heavy (non-hydrogen) atoms. The van der Waals surface area contributed by atoms with Crippen molar-refractivity contribution < 1.29 is 37.3 Å². The van der Waals surface area contributed by atoms with Crippen molar-refractivity contribution in [1.82, 2.24) is 9.88 Å². The Balaban J connectivity index is 1.39. The number of nitrogens with zero attached hydrogens (tertiary/aromatic N) is 2. The number of carbonyl (C=O) groups is 1. The van der Waals surface area contributed by atoms with Crippen LogP contribution in [0.3, 0.4) is 0 Å². The Bertz CT molecular complexity index is 1320. The highest BCUT2D eigenvalue weighted by atomic mass is 19.2. The summed E-state index contributed by atoms with van der Waals surface area (Å²) >= 11 is 0. The number of methoxy groups -OCH3 is 1. The molecule has 0 bridgehead atoms. The average molecular weight is 549 g/mol. The van der Waals surface area contributed by atoms with E-state index in [1.54, 1.807) is 18.2 Å². The van der Waals surface area contributed by atoms with Gasteiger partial charge in [-0.2, -0.15) is 0 Å². The first-order chi connectivity index (χ1) is 18.7. The number of aryl methyl sites for hydroxylation is 1. The van der Waals surface area contributed by atoms with Crippen LogP contribution in [0, 0.1) is 22.9 Å². The van der Waals surface area contributed by atoms with Crippen LogP contribution >= 0.6 is 0 Å². The fourth-order valence-corrected chi connectivity index (χ4v) is 5.48. The highest BCUT2D eigenvalue weighted by Gasteiger charge is 2.41. The molecule has 0 radical (unpaired) electrons. The van der Waals surface area contributed by atoms with E-state index in [1.807, 2.05) is 0 Å². The molecule has 1 saturated heterocycles. The number of carboxylic acid groups (broad SMARTS) is 1. The smallest absolute Gasteiger partial charge is 0.309 e. The zero-order valence-electron chi connectivity index (χ0n) is 21.7. The summed E-state index contributed by atoms with van der Waals surface area (Å²) in [6.07, 6.45) is 1.94. The molecular formula is C29H32F4N2O4. The lowest BCUT2D eigenvalue weighted by atomic mass is 9.73. The molecule has 10 heteroatoms. The molecule has 1 fully saturated rings. The van der Waals surface area contributed by atoms with Gasteiger partial charge < -0.3 is 19.8 Å². The highest BCUT2D eigenvalue weighted by Crippen LogP contribution is 2.40. The van der Waals surface area contributed by atoms with Gasteiger partial charge in [0.05, 0.1) is 24.1 Å². The predicted octanol–water partition coefficient (Wildman–Crippen LogP) is 5.74. The molecule has 6 nitrogen and oxygen atoms in total. The number of fused-ring (bicyclic) bond motifs is 1. The number of benzene rings is 2. The quantitative estimate of drug-likeness (QED) is 0.235. The minimum atomic E-state index is -1.21. The van der Waals surface area contributed by atoms with Crippen LogP contribution < -0.4 is 4.74 Å². The van der Waals surface area contributed by atoms with Gasteiger partial charge in [-0.1, -0.05) is 0 Å². The van der Waals surface area contributed by atoms with Crippen LogP contribution in [-0.2, 0) is 17.9 Å². The van der Waals surface area contributed by atoms with Gasteiger partial charge in [-0.25, -0.2) is 17.6 Å². The maximum Gasteiger partial charge on any atom is 0.309 e. The topological polar surface area (TPSA) is 82.9 Å². The fourth-order valence-electron chi connectivity index (χ4n) is 5.48. The van der Waals surface area contributed by atoms with Gasteiger partial charge in [0.2, 0.25) is 0 Å². The number of hydrogen-bond acceptors (Lipinski definition) is 5. The predicted molar refractivity (Wildman–Crippen MR) is 138 cm³/mol. The van der Waals surface area contributed by atoms with Gasteiger partial charge in [0, 0.05) is 23.2 Å². The molecule has 0 amide bonds. The summed E-state index contributed by atoms with van der Waals surface area (Å²) in [5.74, 6) is -3.50. The van der Waals surface area contributed by atoms with Crippen LogP contribution in [0.2, 0.25) is 0 Å². The van der Waals surface area contributed by atoms with Crippen molar-refractivity contribution in [2.45, 2.75) is 51.3 Å². The maximum atomic E-state index is 13.9. The second-order valence-corrected chi connectivity index (χ2v) is 10.2. The Morgan fingerprint density at radius 1 is 1.15 bits per heavy atom. The summed E-state index contributed by atoms with van der Waals surface area (Å²) in [5.41, 5.74) is 0.139. The SMILES string of the molecule is COc1ccc2ncc(CF)c(C(O)CCC3(C(=O)O)CCN(CCCc4cc(F)cc(F)c4F)CC3)c2c1. The van der Waals surface area contributed by atoms with Crippen LogP contribution in [0.4, 0.5) is 17.6 Å². The summed E-state index contributed by atoms with van der Waals surface area (Å²) < 4.78 is 59.9. The summed E-state index contributed by atoms with van der Waals surface area (Å²) in [6, 6.07) is 6.64. The maximum absolute atomic E-state index is 13.9. The van der Waals surface area contributed by atoms with E-state index in [9.17, 15) is 32.6 Å². The van der Waals surface area contributed by atoms with Gasteiger partial charge in [0.15, 0.2) is 11.6 Å². The number of alkyl halides is 1. The molecule has 0 aliphatic carbocycles. The Morgan fingerprint density at radius 3 is 2.56 bits per heavy atom. The van der Waals surface area contributed by atoms with E-state index < -0.39 is 41.6 Å². The molecule has 4 rings (SSSR count). The highest BCUT2D eigenvalue weighted by molar-refractivity contribution is 5.85. The van der Waals surface area contributed by atoms with E-state index in [2.05, 4.69) is 9.88 Å². The first-order valence-electron chi connectivity index (χ1n) is 13.0. The first kappa shape index (κ1) is 28.8. The number of pyridine rings is 1. The number of aliphatic hydroxyl groups is 1. The summed E-state index contributed by atoms with van der Waals surface area (Å²) in [5, 5.41) is 21.8. The van der Waals surface area contributed by atoms with Crippen molar-refractivity contribution in [1.29, 1.82) is 0 Å². The fraction of sp³-hybridized carbons (Fsp3) is 0.448. The number of ether oxygens (including phenoxy) is 1. The van der Waals surface area contributed by atoms with Crippen LogP contribution in [0.25, 0.3) is 10.9 Å². The monoisotopic (exact) mass is 548 g/mol. The minimum absolute atomic E-state index is 0.0210.